The normalized spacial score (nSPS) is 21.4. The average molecular weight is 291 g/mol. The first-order valence-electron chi connectivity index (χ1n) is 6.97. The number of hydrogen-bond acceptors (Lipinski definition) is 3. The first kappa shape index (κ1) is 15.3. The maximum absolute atomic E-state index is 12.3. The summed E-state index contributed by atoms with van der Waals surface area (Å²) in [6, 6.07) is 1.64. The lowest BCUT2D eigenvalue weighted by atomic mass is 9.90. The van der Waals surface area contributed by atoms with Crippen molar-refractivity contribution in [3.8, 4) is 0 Å². The van der Waals surface area contributed by atoms with Gasteiger partial charge in [-0.1, -0.05) is 0 Å². The minimum absolute atomic E-state index is 0.228. The van der Waals surface area contributed by atoms with Crippen LogP contribution >= 0.6 is 0 Å². The number of amides is 2. The van der Waals surface area contributed by atoms with Gasteiger partial charge in [0.1, 0.15) is 0 Å². The van der Waals surface area contributed by atoms with E-state index < -0.39 is 11.4 Å². The Kier molecular flexibility index (Phi) is 3.89. The molecule has 0 saturated carbocycles. The van der Waals surface area contributed by atoms with Gasteiger partial charge in [0.15, 0.2) is 0 Å². The number of anilines is 1. The zero-order valence-corrected chi connectivity index (χ0v) is 12.9. The molecule has 0 aliphatic carbocycles. The van der Waals surface area contributed by atoms with E-state index in [9.17, 15) is 14.7 Å². The average Bonchev–Trinajstić information content (AvgIpc) is 2.78. The molecule has 2 rings (SSSR count). The van der Waals surface area contributed by atoms with Crippen LogP contribution in [0, 0.1) is 26.2 Å². The Hall–Kier alpha value is -2.11. The van der Waals surface area contributed by atoms with Crippen LogP contribution in [0.15, 0.2) is 6.07 Å². The predicted octanol–water partition coefficient (Wildman–Crippen LogP) is 2.34. The molecule has 1 aromatic rings. The molecule has 114 valence electrons. The minimum atomic E-state index is -0.859. The van der Waals surface area contributed by atoms with Gasteiger partial charge < -0.3 is 15.3 Å². The molecular weight excluding hydrogens is 270 g/mol. The van der Waals surface area contributed by atoms with Gasteiger partial charge in [0, 0.05) is 18.8 Å². The van der Waals surface area contributed by atoms with E-state index in [2.05, 4.69) is 10.3 Å². The third-order valence-electron chi connectivity index (χ3n) is 4.03. The molecule has 1 atom stereocenters. The number of nitrogens with zero attached hydrogens (tertiary/aromatic N) is 2. The van der Waals surface area contributed by atoms with Crippen LogP contribution in [-0.4, -0.2) is 40.1 Å². The number of carbonyl (C=O) groups excluding carboxylic acids is 1. The van der Waals surface area contributed by atoms with E-state index in [0.29, 0.717) is 18.7 Å². The fourth-order valence-corrected chi connectivity index (χ4v) is 2.71. The Labute approximate surface area is 124 Å². The van der Waals surface area contributed by atoms with Gasteiger partial charge in [0.05, 0.1) is 16.8 Å². The van der Waals surface area contributed by atoms with E-state index in [1.165, 1.54) is 0 Å². The van der Waals surface area contributed by atoms with E-state index in [1.807, 2.05) is 26.8 Å². The summed E-state index contributed by atoms with van der Waals surface area (Å²) < 4.78 is 0. The molecular formula is C15H21N3O3. The van der Waals surface area contributed by atoms with Crippen molar-refractivity contribution >= 4 is 17.7 Å². The number of rotatable bonds is 2. The summed E-state index contributed by atoms with van der Waals surface area (Å²) in [6.07, 6.45) is 0.472. The Balaban J connectivity index is 2.12. The molecule has 1 aromatic heterocycles. The molecule has 2 N–H and O–H groups in total. The summed E-state index contributed by atoms with van der Waals surface area (Å²) in [7, 11) is 0. The quantitative estimate of drug-likeness (QED) is 0.876. The molecule has 1 unspecified atom stereocenters. The number of nitrogens with one attached hydrogen (secondary N) is 1. The monoisotopic (exact) mass is 291 g/mol. The van der Waals surface area contributed by atoms with Gasteiger partial charge in [-0.25, -0.2) is 4.79 Å². The summed E-state index contributed by atoms with van der Waals surface area (Å²) in [6.45, 7) is 8.03. The number of aryl methyl sites for hydroxylation is 3. The SMILES string of the molecule is Cc1cc(C)c(NC(=O)N2CCC(C)(C(=O)O)C2)c(C)n1. The van der Waals surface area contributed by atoms with Crippen LogP contribution in [0.3, 0.4) is 0 Å². The molecule has 0 bridgehead atoms. The molecule has 1 saturated heterocycles. The zero-order chi connectivity index (χ0) is 15.8. The lowest BCUT2D eigenvalue weighted by molar-refractivity contribution is -0.146. The summed E-state index contributed by atoms with van der Waals surface area (Å²) in [5, 5.41) is 12.1. The standard InChI is InChI=1S/C15H21N3O3/c1-9-7-10(2)16-11(3)12(9)17-14(21)18-6-5-15(4,8-18)13(19)20/h7H,5-6,8H2,1-4H3,(H,17,21)(H,19,20). The van der Waals surface area contributed by atoms with E-state index in [1.54, 1.807) is 11.8 Å². The number of carboxylic acids is 1. The molecule has 1 fully saturated rings. The van der Waals surface area contributed by atoms with Crippen molar-refractivity contribution in [2.75, 3.05) is 18.4 Å². The fourth-order valence-electron chi connectivity index (χ4n) is 2.71. The Morgan fingerprint density at radius 2 is 2.05 bits per heavy atom. The van der Waals surface area contributed by atoms with Crippen LogP contribution in [-0.2, 0) is 4.79 Å². The van der Waals surface area contributed by atoms with E-state index >= 15 is 0 Å². The molecule has 2 heterocycles. The van der Waals surface area contributed by atoms with Gasteiger partial charge >= 0.3 is 12.0 Å². The third kappa shape index (κ3) is 2.99. The number of aliphatic carboxylic acids is 1. The molecule has 0 aromatic carbocycles. The second-order valence-corrected chi connectivity index (χ2v) is 6.01. The Morgan fingerprint density at radius 3 is 2.57 bits per heavy atom. The minimum Gasteiger partial charge on any atom is -0.481 e. The second kappa shape index (κ2) is 5.35. The van der Waals surface area contributed by atoms with Crippen LogP contribution in [0.2, 0.25) is 0 Å². The van der Waals surface area contributed by atoms with Gasteiger partial charge in [-0.3, -0.25) is 9.78 Å². The van der Waals surface area contributed by atoms with Crippen LogP contribution in [0.4, 0.5) is 10.5 Å². The Morgan fingerprint density at radius 1 is 1.38 bits per heavy atom. The maximum Gasteiger partial charge on any atom is 0.321 e. The van der Waals surface area contributed by atoms with Gasteiger partial charge in [0.25, 0.3) is 0 Å². The van der Waals surface area contributed by atoms with Gasteiger partial charge in [-0.15, -0.1) is 0 Å². The number of carboxylic acid groups (broad SMARTS) is 1. The van der Waals surface area contributed by atoms with Gasteiger partial charge in [0.2, 0.25) is 0 Å². The first-order valence-corrected chi connectivity index (χ1v) is 6.97. The number of carbonyl (C=O) groups is 2. The Bertz CT molecular complexity index is 577. The van der Waals surface area contributed by atoms with E-state index in [4.69, 9.17) is 0 Å². The van der Waals surface area contributed by atoms with Gasteiger partial charge in [-0.05, 0) is 45.7 Å². The second-order valence-electron chi connectivity index (χ2n) is 6.01. The number of aromatic nitrogens is 1. The molecule has 1 aliphatic rings. The highest BCUT2D eigenvalue weighted by molar-refractivity contribution is 5.91. The highest BCUT2D eigenvalue weighted by atomic mass is 16.4. The van der Waals surface area contributed by atoms with Crippen molar-refractivity contribution in [2.45, 2.75) is 34.1 Å². The van der Waals surface area contributed by atoms with Crippen molar-refractivity contribution in [1.82, 2.24) is 9.88 Å². The predicted molar refractivity (Wildman–Crippen MR) is 79.4 cm³/mol. The van der Waals surface area contributed by atoms with E-state index in [-0.39, 0.29) is 12.6 Å². The van der Waals surface area contributed by atoms with Crippen molar-refractivity contribution in [3.63, 3.8) is 0 Å². The van der Waals surface area contributed by atoms with Crippen LogP contribution in [0.25, 0.3) is 0 Å². The van der Waals surface area contributed by atoms with Gasteiger partial charge in [-0.2, -0.15) is 0 Å². The zero-order valence-electron chi connectivity index (χ0n) is 12.9. The third-order valence-corrected chi connectivity index (χ3v) is 4.03. The summed E-state index contributed by atoms with van der Waals surface area (Å²) >= 11 is 0. The maximum atomic E-state index is 12.3. The molecule has 1 aliphatic heterocycles. The van der Waals surface area contributed by atoms with Crippen molar-refractivity contribution in [1.29, 1.82) is 0 Å². The summed E-state index contributed by atoms with van der Waals surface area (Å²) in [4.78, 5) is 29.4. The largest absolute Gasteiger partial charge is 0.481 e. The van der Waals surface area contributed by atoms with E-state index in [0.717, 1.165) is 17.0 Å². The van der Waals surface area contributed by atoms with Crippen LogP contribution in [0.1, 0.15) is 30.3 Å². The summed E-state index contributed by atoms with van der Waals surface area (Å²) in [5.74, 6) is -0.859. The van der Waals surface area contributed by atoms with Crippen LogP contribution in [0.5, 0.6) is 0 Å². The smallest absolute Gasteiger partial charge is 0.321 e. The lowest BCUT2D eigenvalue weighted by Gasteiger charge is -2.21. The highest BCUT2D eigenvalue weighted by Gasteiger charge is 2.42. The van der Waals surface area contributed by atoms with Crippen molar-refractivity contribution < 1.29 is 14.7 Å². The first-order chi connectivity index (χ1) is 9.73. The van der Waals surface area contributed by atoms with Crippen molar-refractivity contribution in [2.24, 2.45) is 5.41 Å². The number of hydrogen-bond donors (Lipinski definition) is 2. The summed E-state index contributed by atoms with van der Waals surface area (Å²) in [5.41, 5.74) is 2.47. The topological polar surface area (TPSA) is 82.5 Å². The molecule has 21 heavy (non-hydrogen) atoms. The molecule has 2 amide bonds. The molecule has 0 spiro atoms. The molecule has 6 nitrogen and oxygen atoms in total. The number of urea groups is 1. The molecule has 6 heteroatoms. The van der Waals surface area contributed by atoms with Crippen molar-refractivity contribution in [3.05, 3.63) is 23.0 Å². The number of pyridine rings is 1. The number of likely N-dealkylation sites (tertiary alicyclic amines) is 1. The van der Waals surface area contributed by atoms with Crippen LogP contribution < -0.4 is 5.32 Å². The lowest BCUT2D eigenvalue weighted by Crippen LogP contribution is -2.37. The highest BCUT2D eigenvalue weighted by Crippen LogP contribution is 2.30. The molecule has 0 radical (unpaired) electrons. The fraction of sp³-hybridized carbons (Fsp3) is 0.533.